The first-order valence-corrected chi connectivity index (χ1v) is 7.19. The smallest absolute Gasteiger partial charge is 0.207 e. The molecule has 6 heteroatoms. The van der Waals surface area contributed by atoms with Gasteiger partial charge in [-0.1, -0.05) is 12.1 Å². The van der Waals surface area contributed by atoms with E-state index in [0.29, 0.717) is 0 Å². The minimum atomic E-state index is -4.03. The van der Waals surface area contributed by atoms with E-state index in [1.807, 2.05) is 0 Å². The van der Waals surface area contributed by atoms with Crippen LogP contribution in [0.5, 0.6) is 0 Å². The summed E-state index contributed by atoms with van der Waals surface area (Å²) in [7, 11) is 1.23. The Hall–Kier alpha value is -1.46. The van der Waals surface area contributed by atoms with Gasteiger partial charge in [-0.3, -0.25) is 0 Å². The Kier molecular flexibility index (Phi) is 3.36. The zero-order valence-corrected chi connectivity index (χ0v) is 10.5. The maximum Gasteiger partial charge on any atom is 0.261 e. The lowest BCUT2D eigenvalue weighted by Gasteiger charge is -2.07. The molecule has 0 saturated carbocycles. The summed E-state index contributed by atoms with van der Waals surface area (Å²) in [5, 5.41) is 0. The predicted molar refractivity (Wildman–Crippen MR) is 64.8 cm³/mol. The summed E-state index contributed by atoms with van der Waals surface area (Å²) >= 11 is 0. The summed E-state index contributed by atoms with van der Waals surface area (Å²) < 4.78 is 49.0. The minimum absolute atomic E-state index is 0.0319. The van der Waals surface area contributed by atoms with Gasteiger partial charge < -0.3 is 0 Å². The van der Waals surface area contributed by atoms with E-state index >= 15 is 0 Å². The lowest BCUT2D eigenvalue weighted by Crippen LogP contribution is -1.96. The highest BCUT2D eigenvalue weighted by Crippen LogP contribution is 2.30. The van der Waals surface area contributed by atoms with E-state index in [2.05, 4.69) is 0 Å². The van der Waals surface area contributed by atoms with Crippen molar-refractivity contribution in [1.82, 2.24) is 0 Å². The molecule has 18 heavy (non-hydrogen) atoms. The molecule has 94 valence electrons. The monoisotopic (exact) mass is 288 g/mol. The molecule has 0 aliphatic rings. The van der Waals surface area contributed by atoms with Crippen LogP contribution in [0.2, 0.25) is 0 Å². The molecule has 0 atom stereocenters. The molecular formula is C12H7ClF2O2S. The summed E-state index contributed by atoms with van der Waals surface area (Å²) in [6.07, 6.45) is 0. The quantitative estimate of drug-likeness (QED) is 0.792. The third-order valence-corrected chi connectivity index (χ3v) is 3.72. The van der Waals surface area contributed by atoms with Crippen LogP contribution in [0.4, 0.5) is 8.78 Å². The first-order chi connectivity index (χ1) is 8.38. The second kappa shape index (κ2) is 4.66. The van der Waals surface area contributed by atoms with Crippen LogP contribution < -0.4 is 0 Å². The van der Waals surface area contributed by atoms with Gasteiger partial charge in [-0.25, -0.2) is 17.2 Å². The summed E-state index contributed by atoms with van der Waals surface area (Å²) in [6, 6.07) is 8.24. The molecule has 2 aromatic carbocycles. The van der Waals surface area contributed by atoms with Crippen molar-refractivity contribution in [2.75, 3.05) is 0 Å². The van der Waals surface area contributed by atoms with Crippen molar-refractivity contribution < 1.29 is 17.2 Å². The molecule has 0 bridgehead atoms. The van der Waals surface area contributed by atoms with Crippen molar-refractivity contribution in [1.29, 1.82) is 0 Å². The molecule has 0 amide bonds. The third kappa shape index (κ3) is 2.68. The SMILES string of the molecule is O=S(=O)(Cl)c1ccc(F)cc1-c1cccc(F)c1. The molecule has 2 nitrogen and oxygen atoms in total. The Morgan fingerprint density at radius 2 is 1.61 bits per heavy atom. The summed E-state index contributed by atoms with van der Waals surface area (Å²) in [5.74, 6) is -1.17. The highest BCUT2D eigenvalue weighted by Gasteiger charge is 2.17. The Morgan fingerprint density at radius 3 is 2.22 bits per heavy atom. The van der Waals surface area contributed by atoms with Gasteiger partial charge in [0.1, 0.15) is 11.6 Å². The standard InChI is InChI=1S/C12H7ClF2O2S/c13-18(16,17)12-5-4-10(15)7-11(12)8-2-1-3-9(14)6-8/h1-7H. The van der Waals surface area contributed by atoms with Gasteiger partial charge in [0.25, 0.3) is 9.05 Å². The zero-order chi connectivity index (χ0) is 13.3. The molecule has 0 unspecified atom stereocenters. The van der Waals surface area contributed by atoms with Crippen molar-refractivity contribution >= 4 is 19.7 Å². The average molecular weight is 289 g/mol. The molecule has 0 fully saturated rings. The van der Waals surface area contributed by atoms with E-state index in [-0.39, 0.29) is 16.0 Å². The zero-order valence-electron chi connectivity index (χ0n) is 8.90. The van der Waals surface area contributed by atoms with E-state index < -0.39 is 20.7 Å². The molecule has 0 N–H and O–H groups in total. The molecule has 0 aromatic heterocycles. The fraction of sp³-hybridized carbons (Fsp3) is 0. The predicted octanol–water partition coefficient (Wildman–Crippen LogP) is 3.56. The number of rotatable bonds is 2. The van der Waals surface area contributed by atoms with Crippen molar-refractivity contribution in [2.45, 2.75) is 4.90 Å². The number of halogens is 3. The molecule has 0 aliphatic heterocycles. The van der Waals surface area contributed by atoms with E-state index in [0.717, 1.165) is 24.3 Å². The fourth-order valence-electron chi connectivity index (χ4n) is 1.60. The normalized spacial score (nSPS) is 11.5. The third-order valence-electron chi connectivity index (χ3n) is 2.34. The van der Waals surface area contributed by atoms with Gasteiger partial charge in [0.2, 0.25) is 0 Å². The van der Waals surface area contributed by atoms with E-state index in [1.54, 1.807) is 0 Å². The van der Waals surface area contributed by atoms with Crippen molar-refractivity contribution in [3.8, 4) is 11.1 Å². The van der Waals surface area contributed by atoms with Crippen LogP contribution in [-0.4, -0.2) is 8.42 Å². The van der Waals surface area contributed by atoms with Crippen molar-refractivity contribution in [3.05, 3.63) is 54.1 Å². The molecule has 0 heterocycles. The number of benzene rings is 2. The van der Waals surface area contributed by atoms with E-state index in [4.69, 9.17) is 10.7 Å². The van der Waals surface area contributed by atoms with Gasteiger partial charge in [-0.2, -0.15) is 0 Å². The van der Waals surface area contributed by atoms with Crippen molar-refractivity contribution in [3.63, 3.8) is 0 Å². The second-order valence-corrected chi connectivity index (χ2v) is 6.12. The molecular weight excluding hydrogens is 282 g/mol. The van der Waals surface area contributed by atoms with Crippen LogP contribution in [-0.2, 0) is 9.05 Å². The van der Waals surface area contributed by atoms with Gasteiger partial charge in [0, 0.05) is 16.2 Å². The largest absolute Gasteiger partial charge is 0.261 e. The fourth-order valence-corrected chi connectivity index (χ4v) is 2.67. The molecule has 2 aromatic rings. The lowest BCUT2D eigenvalue weighted by atomic mass is 10.1. The van der Waals surface area contributed by atoms with Crippen LogP contribution in [0, 0.1) is 11.6 Å². The van der Waals surface area contributed by atoms with Crippen molar-refractivity contribution in [2.24, 2.45) is 0 Å². The van der Waals surface area contributed by atoms with Crippen LogP contribution in [0.1, 0.15) is 0 Å². The van der Waals surface area contributed by atoms with Crippen LogP contribution in [0.25, 0.3) is 11.1 Å². The average Bonchev–Trinajstić information content (AvgIpc) is 2.27. The van der Waals surface area contributed by atoms with E-state index in [1.165, 1.54) is 18.2 Å². The Balaban J connectivity index is 2.74. The van der Waals surface area contributed by atoms with Gasteiger partial charge in [-0.05, 0) is 35.9 Å². The topological polar surface area (TPSA) is 34.1 Å². The van der Waals surface area contributed by atoms with Gasteiger partial charge in [0.15, 0.2) is 0 Å². The number of hydrogen-bond donors (Lipinski definition) is 0. The molecule has 0 aliphatic carbocycles. The van der Waals surface area contributed by atoms with Crippen LogP contribution >= 0.6 is 10.7 Å². The Bertz CT molecular complexity index is 699. The summed E-state index contributed by atoms with van der Waals surface area (Å²) in [4.78, 5) is -0.254. The summed E-state index contributed by atoms with van der Waals surface area (Å²) in [5.41, 5.74) is 0.276. The second-order valence-electron chi connectivity index (χ2n) is 3.59. The maximum atomic E-state index is 13.2. The number of hydrogen-bond acceptors (Lipinski definition) is 2. The van der Waals surface area contributed by atoms with Crippen LogP contribution in [0.15, 0.2) is 47.4 Å². The first-order valence-electron chi connectivity index (χ1n) is 4.88. The highest BCUT2D eigenvalue weighted by atomic mass is 35.7. The Labute approximate surface area is 107 Å². The lowest BCUT2D eigenvalue weighted by molar-refractivity contribution is 0.607. The highest BCUT2D eigenvalue weighted by molar-refractivity contribution is 8.13. The molecule has 0 spiro atoms. The van der Waals surface area contributed by atoms with E-state index in [9.17, 15) is 17.2 Å². The van der Waals surface area contributed by atoms with Gasteiger partial charge in [-0.15, -0.1) is 0 Å². The first kappa shape index (κ1) is 13.0. The van der Waals surface area contributed by atoms with Gasteiger partial charge >= 0.3 is 0 Å². The molecule has 2 rings (SSSR count). The minimum Gasteiger partial charge on any atom is -0.207 e. The molecule has 0 saturated heterocycles. The summed E-state index contributed by atoms with van der Waals surface area (Å²) in [6.45, 7) is 0. The maximum absolute atomic E-state index is 13.2. The molecule has 0 radical (unpaired) electrons. The van der Waals surface area contributed by atoms with Crippen LogP contribution in [0.3, 0.4) is 0 Å². The Morgan fingerprint density at radius 1 is 0.944 bits per heavy atom. The van der Waals surface area contributed by atoms with Gasteiger partial charge in [0.05, 0.1) is 4.90 Å².